The van der Waals surface area contributed by atoms with Gasteiger partial charge in [-0.1, -0.05) is 6.92 Å². The Kier molecular flexibility index (Phi) is 3.78. The van der Waals surface area contributed by atoms with Crippen molar-refractivity contribution in [3.05, 3.63) is 24.2 Å². The SMILES string of the molecule is CCCn1c(CC2CCCOC2)nc2cccnc21. The number of ether oxygens (including phenoxy) is 1. The lowest BCUT2D eigenvalue weighted by Crippen LogP contribution is -2.21. The summed E-state index contributed by atoms with van der Waals surface area (Å²) in [6.07, 6.45) is 6.40. The number of nitrogens with zero attached hydrogens (tertiary/aromatic N) is 3. The van der Waals surface area contributed by atoms with E-state index in [1.807, 2.05) is 12.3 Å². The van der Waals surface area contributed by atoms with Crippen LogP contribution in [0.2, 0.25) is 0 Å². The van der Waals surface area contributed by atoms with Crippen molar-refractivity contribution in [2.45, 2.75) is 39.2 Å². The normalized spacial score (nSPS) is 19.9. The first-order valence-electron chi connectivity index (χ1n) is 7.26. The average Bonchev–Trinajstić information content (AvgIpc) is 2.79. The lowest BCUT2D eigenvalue weighted by Gasteiger charge is -2.21. The molecule has 0 spiro atoms. The van der Waals surface area contributed by atoms with Crippen LogP contribution >= 0.6 is 0 Å². The maximum Gasteiger partial charge on any atom is 0.159 e. The van der Waals surface area contributed by atoms with E-state index in [2.05, 4.69) is 22.5 Å². The molecular weight excluding hydrogens is 238 g/mol. The number of pyridine rings is 1. The summed E-state index contributed by atoms with van der Waals surface area (Å²) in [5, 5.41) is 0. The molecule has 2 aromatic rings. The molecule has 1 saturated heterocycles. The molecule has 1 atom stereocenters. The predicted octanol–water partition coefficient (Wildman–Crippen LogP) is 2.81. The zero-order valence-corrected chi connectivity index (χ0v) is 11.5. The van der Waals surface area contributed by atoms with Crippen LogP contribution in [0.25, 0.3) is 11.2 Å². The van der Waals surface area contributed by atoms with E-state index < -0.39 is 0 Å². The molecule has 2 aromatic heterocycles. The first kappa shape index (κ1) is 12.6. The summed E-state index contributed by atoms with van der Waals surface area (Å²) in [5.41, 5.74) is 2.04. The van der Waals surface area contributed by atoms with E-state index in [0.717, 1.165) is 43.8 Å². The highest BCUT2D eigenvalue weighted by Crippen LogP contribution is 2.21. The largest absolute Gasteiger partial charge is 0.381 e. The van der Waals surface area contributed by atoms with Crippen molar-refractivity contribution < 1.29 is 4.74 Å². The molecule has 1 fully saturated rings. The molecule has 0 bridgehead atoms. The van der Waals surface area contributed by atoms with Crippen LogP contribution in [-0.4, -0.2) is 27.7 Å². The Morgan fingerprint density at radius 1 is 1.47 bits per heavy atom. The fourth-order valence-electron chi connectivity index (χ4n) is 2.85. The van der Waals surface area contributed by atoms with Crippen LogP contribution in [0, 0.1) is 5.92 Å². The number of imidazole rings is 1. The molecule has 0 N–H and O–H groups in total. The van der Waals surface area contributed by atoms with Crippen molar-refractivity contribution in [3.8, 4) is 0 Å². The van der Waals surface area contributed by atoms with Crippen LogP contribution in [-0.2, 0) is 17.7 Å². The van der Waals surface area contributed by atoms with Gasteiger partial charge in [0.1, 0.15) is 11.3 Å². The van der Waals surface area contributed by atoms with Crippen molar-refractivity contribution in [1.82, 2.24) is 14.5 Å². The number of fused-ring (bicyclic) bond motifs is 1. The molecule has 19 heavy (non-hydrogen) atoms. The zero-order valence-electron chi connectivity index (χ0n) is 11.5. The maximum absolute atomic E-state index is 5.58. The van der Waals surface area contributed by atoms with E-state index in [4.69, 9.17) is 9.72 Å². The standard InChI is InChI=1S/C15H21N3O/c1-2-8-18-14(10-12-5-4-9-19-11-12)17-13-6-3-7-16-15(13)18/h3,6-7,12H,2,4-5,8-11H2,1H3. The molecule has 1 aliphatic rings. The molecule has 4 heteroatoms. The lowest BCUT2D eigenvalue weighted by atomic mass is 9.98. The van der Waals surface area contributed by atoms with Crippen molar-refractivity contribution in [3.63, 3.8) is 0 Å². The minimum Gasteiger partial charge on any atom is -0.381 e. The third-order valence-electron chi connectivity index (χ3n) is 3.76. The highest BCUT2D eigenvalue weighted by Gasteiger charge is 2.19. The Labute approximate surface area is 113 Å². The van der Waals surface area contributed by atoms with Crippen LogP contribution in [0.1, 0.15) is 32.0 Å². The van der Waals surface area contributed by atoms with Crippen molar-refractivity contribution in [2.75, 3.05) is 13.2 Å². The van der Waals surface area contributed by atoms with Gasteiger partial charge in [0.15, 0.2) is 5.65 Å². The minimum absolute atomic E-state index is 0.612. The first-order valence-corrected chi connectivity index (χ1v) is 7.26. The molecule has 0 saturated carbocycles. The Morgan fingerprint density at radius 2 is 2.42 bits per heavy atom. The van der Waals surface area contributed by atoms with Gasteiger partial charge in [-0.05, 0) is 37.3 Å². The number of aryl methyl sites for hydroxylation is 1. The number of rotatable bonds is 4. The second-order valence-electron chi connectivity index (χ2n) is 5.31. The summed E-state index contributed by atoms with van der Waals surface area (Å²) in [6, 6.07) is 4.01. The van der Waals surface area contributed by atoms with Crippen LogP contribution < -0.4 is 0 Å². The van der Waals surface area contributed by atoms with Gasteiger partial charge in [0.05, 0.1) is 0 Å². The monoisotopic (exact) mass is 259 g/mol. The molecule has 0 aromatic carbocycles. The number of hydrogen-bond acceptors (Lipinski definition) is 3. The average molecular weight is 259 g/mol. The highest BCUT2D eigenvalue weighted by molar-refractivity contribution is 5.71. The number of hydrogen-bond donors (Lipinski definition) is 0. The van der Waals surface area contributed by atoms with Gasteiger partial charge < -0.3 is 9.30 Å². The Balaban J connectivity index is 1.90. The Morgan fingerprint density at radius 3 is 3.21 bits per heavy atom. The summed E-state index contributed by atoms with van der Waals surface area (Å²) < 4.78 is 7.86. The molecule has 102 valence electrons. The van der Waals surface area contributed by atoms with E-state index in [1.54, 1.807) is 0 Å². The summed E-state index contributed by atoms with van der Waals surface area (Å²) in [6.45, 7) is 4.99. The summed E-state index contributed by atoms with van der Waals surface area (Å²) in [4.78, 5) is 9.25. The third-order valence-corrected chi connectivity index (χ3v) is 3.76. The molecule has 1 unspecified atom stereocenters. The fourth-order valence-corrected chi connectivity index (χ4v) is 2.85. The molecule has 0 amide bonds. The summed E-state index contributed by atoms with van der Waals surface area (Å²) >= 11 is 0. The Bertz CT molecular complexity index is 543. The van der Waals surface area contributed by atoms with E-state index >= 15 is 0 Å². The third kappa shape index (κ3) is 2.63. The minimum atomic E-state index is 0.612. The van der Waals surface area contributed by atoms with Gasteiger partial charge in [-0.15, -0.1) is 0 Å². The highest BCUT2D eigenvalue weighted by atomic mass is 16.5. The van der Waals surface area contributed by atoms with Crippen LogP contribution in [0.15, 0.2) is 18.3 Å². The first-order chi connectivity index (χ1) is 9.38. The molecular formula is C15H21N3O. The maximum atomic E-state index is 5.58. The van der Waals surface area contributed by atoms with Gasteiger partial charge in [0.25, 0.3) is 0 Å². The topological polar surface area (TPSA) is 39.9 Å². The second-order valence-corrected chi connectivity index (χ2v) is 5.31. The van der Waals surface area contributed by atoms with E-state index in [9.17, 15) is 0 Å². The smallest absolute Gasteiger partial charge is 0.159 e. The van der Waals surface area contributed by atoms with E-state index in [0.29, 0.717) is 5.92 Å². The zero-order chi connectivity index (χ0) is 13.1. The molecule has 3 heterocycles. The van der Waals surface area contributed by atoms with Gasteiger partial charge in [-0.3, -0.25) is 0 Å². The van der Waals surface area contributed by atoms with Gasteiger partial charge in [0.2, 0.25) is 0 Å². The summed E-state index contributed by atoms with van der Waals surface area (Å²) in [7, 11) is 0. The molecule has 1 aliphatic heterocycles. The second kappa shape index (κ2) is 5.70. The van der Waals surface area contributed by atoms with Crippen LogP contribution in [0.5, 0.6) is 0 Å². The molecule has 0 aliphatic carbocycles. The Hall–Kier alpha value is -1.42. The quantitative estimate of drug-likeness (QED) is 0.847. The number of aromatic nitrogens is 3. The fraction of sp³-hybridized carbons (Fsp3) is 0.600. The van der Waals surface area contributed by atoms with Crippen LogP contribution in [0.4, 0.5) is 0 Å². The van der Waals surface area contributed by atoms with Crippen molar-refractivity contribution in [1.29, 1.82) is 0 Å². The van der Waals surface area contributed by atoms with Gasteiger partial charge in [0, 0.05) is 32.4 Å². The van der Waals surface area contributed by atoms with Crippen LogP contribution in [0.3, 0.4) is 0 Å². The molecule has 4 nitrogen and oxygen atoms in total. The lowest BCUT2D eigenvalue weighted by molar-refractivity contribution is 0.0540. The molecule has 3 rings (SSSR count). The predicted molar refractivity (Wildman–Crippen MR) is 75.1 cm³/mol. The molecule has 0 radical (unpaired) electrons. The van der Waals surface area contributed by atoms with Gasteiger partial charge in [-0.2, -0.15) is 0 Å². The van der Waals surface area contributed by atoms with Crippen molar-refractivity contribution >= 4 is 11.2 Å². The van der Waals surface area contributed by atoms with Gasteiger partial charge >= 0.3 is 0 Å². The van der Waals surface area contributed by atoms with Gasteiger partial charge in [-0.25, -0.2) is 9.97 Å². The van der Waals surface area contributed by atoms with E-state index in [-0.39, 0.29) is 0 Å². The summed E-state index contributed by atoms with van der Waals surface area (Å²) in [5.74, 6) is 1.78. The van der Waals surface area contributed by atoms with Crippen molar-refractivity contribution in [2.24, 2.45) is 5.92 Å². The van der Waals surface area contributed by atoms with E-state index in [1.165, 1.54) is 18.7 Å².